The zero-order chi connectivity index (χ0) is 15.6. The predicted molar refractivity (Wildman–Crippen MR) is 67.3 cm³/mol. The van der Waals surface area contributed by atoms with Gasteiger partial charge < -0.3 is 20.1 Å². The number of nitrogens with one attached hydrogen (secondary N) is 1. The molecule has 0 aromatic carbocycles. The van der Waals surface area contributed by atoms with Crippen LogP contribution in [-0.2, 0) is 4.74 Å². The number of hydrogen-bond donors (Lipinski definition) is 4. The second kappa shape index (κ2) is 5.68. The first-order chi connectivity index (χ1) is 9.95. The molecule has 1 aromatic rings. The maximum Gasteiger partial charge on any atom is 0.330 e. The average Bonchev–Trinajstić information content (AvgIpc) is 2.71. The Kier molecular flexibility index (Phi) is 4.11. The van der Waals surface area contributed by atoms with Crippen molar-refractivity contribution in [2.24, 2.45) is 5.11 Å². The third kappa shape index (κ3) is 2.55. The lowest BCUT2D eigenvalue weighted by Crippen LogP contribution is -2.48. The van der Waals surface area contributed by atoms with Crippen LogP contribution < -0.4 is 11.2 Å². The lowest BCUT2D eigenvalue weighted by atomic mass is 9.96. The first-order valence-electron chi connectivity index (χ1n) is 5.92. The summed E-state index contributed by atoms with van der Waals surface area (Å²) in [7, 11) is 0. The van der Waals surface area contributed by atoms with Gasteiger partial charge in [-0.2, -0.15) is 0 Å². The number of rotatable bonds is 4. The van der Waals surface area contributed by atoms with Crippen molar-refractivity contribution >= 4 is 0 Å². The monoisotopic (exact) mass is 299 g/mol. The van der Waals surface area contributed by atoms with Gasteiger partial charge >= 0.3 is 5.69 Å². The SMILES string of the molecule is [N-]=[N+]=NC[C@]1(CO)O[C@@H](n2ccc(=O)[nH]c2=O)C(O)[C@H]1O. The number of azide groups is 1. The van der Waals surface area contributed by atoms with Gasteiger partial charge in [0.15, 0.2) is 6.23 Å². The van der Waals surface area contributed by atoms with E-state index in [1.807, 2.05) is 4.98 Å². The van der Waals surface area contributed by atoms with Crippen molar-refractivity contribution < 1.29 is 20.1 Å². The van der Waals surface area contributed by atoms with Crippen molar-refractivity contribution in [3.8, 4) is 0 Å². The third-order valence-corrected chi connectivity index (χ3v) is 3.30. The molecule has 1 aliphatic heterocycles. The Hall–Kier alpha value is -2.17. The highest BCUT2D eigenvalue weighted by Gasteiger charge is 2.54. The molecule has 0 radical (unpaired) electrons. The van der Waals surface area contributed by atoms with E-state index in [9.17, 15) is 24.9 Å². The molecule has 2 heterocycles. The zero-order valence-electron chi connectivity index (χ0n) is 10.7. The van der Waals surface area contributed by atoms with Crippen molar-refractivity contribution in [1.82, 2.24) is 9.55 Å². The van der Waals surface area contributed by atoms with Crippen LogP contribution in [0, 0.1) is 0 Å². The van der Waals surface area contributed by atoms with E-state index in [1.54, 1.807) is 0 Å². The second-order valence-corrected chi connectivity index (χ2v) is 4.57. The summed E-state index contributed by atoms with van der Waals surface area (Å²) in [6, 6.07) is 1.04. The fourth-order valence-corrected chi connectivity index (χ4v) is 2.16. The molecule has 0 bridgehead atoms. The van der Waals surface area contributed by atoms with Crippen LogP contribution in [-0.4, -0.2) is 55.8 Å². The van der Waals surface area contributed by atoms with Gasteiger partial charge in [0.2, 0.25) is 0 Å². The Bertz CT molecular complexity index is 679. The van der Waals surface area contributed by atoms with Gasteiger partial charge in [-0.05, 0) is 5.53 Å². The molecule has 21 heavy (non-hydrogen) atoms. The molecule has 0 aliphatic carbocycles. The molecular formula is C10H13N5O6. The minimum Gasteiger partial charge on any atom is -0.393 e. The van der Waals surface area contributed by atoms with Crippen LogP contribution in [0.5, 0.6) is 0 Å². The van der Waals surface area contributed by atoms with Crippen LogP contribution >= 0.6 is 0 Å². The Morgan fingerprint density at radius 1 is 1.52 bits per heavy atom. The second-order valence-electron chi connectivity index (χ2n) is 4.57. The van der Waals surface area contributed by atoms with Gasteiger partial charge in [0, 0.05) is 17.2 Å². The Morgan fingerprint density at radius 2 is 2.24 bits per heavy atom. The highest BCUT2D eigenvalue weighted by atomic mass is 16.6. The topological polar surface area (TPSA) is 174 Å². The molecule has 114 valence electrons. The smallest absolute Gasteiger partial charge is 0.330 e. The first kappa shape index (κ1) is 15.2. The molecule has 1 aliphatic rings. The molecule has 1 saturated heterocycles. The number of ether oxygens (including phenoxy) is 1. The Morgan fingerprint density at radius 3 is 2.81 bits per heavy atom. The molecule has 11 heteroatoms. The van der Waals surface area contributed by atoms with Gasteiger partial charge in [-0.15, -0.1) is 0 Å². The van der Waals surface area contributed by atoms with Crippen LogP contribution in [0.1, 0.15) is 6.23 Å². The van der Waals surface area contributed by atoms with Crippen molar-refractivity contribution in [3.05, 3.63) is 43.5 Å². The standard InChI is InChI=1S/C10H13N5O6/c11-14-12-3-10(4-16)7(19)6(18)8(21-10)15-2-1-5(17)13-9(15)20/h1-2,6-8,16,18-19H,3-4H2,(H,13,17,20)/t6?,7-,8-,10-/m1/s1. The number of aromatic nitrogens is 2. The highest BCUT2D eigenvalue weighted by Crippen LogP contribution is 2.36. The summed E-state index contributed by atoms with van der Waals surface area (Å²) < 4.78 is 6.22. The highest BCUT2D eigenvalue weighted by molar-refractivity contribution is 5.03. The maximum absolute atomic E-state index is 11.7. The molecule has 11 nitrogen and oxygen atoms in total. The van der Waals surface area contributed by atoms with Gasteiger partial charge in [-0.3, -0.25) is 14.3 Å². The molecule has 4 N–H and O–H groups in total. The number of aliphatic hydroxyl groups excluding tert-OH is 3. The number of hydrogen-bond acceptors (Lipinski definition) is 7. The van der Waals surface area contributed by atoms with E-state index in [0.717, 1.165) is 16.8 Å². The minimum absolute atomic E-state index is 0.438. The maximum atomic E-state index is 11.7. The molecule has 2 rings (SSSR count). The van der Waals surface area contributed by atoms with E-state index in [-0.39, 0.29) is 0 Å². The van der Waals surface area contributed by atoms with Crippen molar-refractivity contribution in [2.75, 3.05) is 13.2 Å². The average molecular weight is 299 g/mol. The largest absolute Gasteiger partial charge is 0.393 e. The van der Waals surface area contributed by atoms with Gasteiger partial charge in [-0.1, -0.05) is 5.11 Å². The van der Waals surface area contributed by atoms with E-state index in [4.69, 9.17) is 10.3 Å². The van der Waals surface area contributed by atoms with E-state index in [1.165, 1.54) is 0 Å². The summed E-state index contributed by atoms with van der Waals surface area (Å²) >= 11 is 0. The number of H-pyrrole nitrogens is 1. The number of aromatic amines is 1. The summed E-state index contributed by atoms with van der Waals surface area (Å²) in [4.78, 5) is 27.2. The minimum atomic E-state index is -1.73. The zero-order valence-corrected chi connectivity index (χ0v) is 10.7. The summed E-state index contributed by atoms with van der Waals surface area (Å²) in [6.45, 7) is -1.17. The number of aliphatic hydroxyl groups is 3. The Labute approximate surface area is 116 Å². The first-order valence-corrected chi connectivity index (χ1v) is 5.92. The number of nitrogens with zero attached hydrogens (tertiary/aromatic N) is 4. The summed E-state index contributed by atoms with van der Waals surface area (Å²) in [5.74, 6) is 0. The molecule has 1 unspecified atom stereocenters. The molecule has 1 aromatic heterocycles. The van der Waals surface area contributed by atoms with Crippen molar-refractivity contribution in [3.63, 3.8) is 0 Å². The third-order valence-electron chi connectivity index (χ3n) is 3.30. The van der Waals surface area contributed by atoms with E-state index < -0.39 is 48.4 Å². The summed E-state index contributed by atoms with van der Waals surface area (Å²) in [5.41, 5.74) is 5.11. The molecule has 0 amide bonds. The van der Waals surface area contributed by atoms with Crippen molar-refractivity contribution in [2.45, 2.75) is 24.0 Å². The van der Waals surface area contributed by atoms with Crippen molar-refractivity contribution in [1.29, 1.82) is 0 Å². The van der Waals surface area contributed by atoms with E-state index in [0.29, 0.717) is 0 Å². The van der Waals surface area contributed by atoms with Crippen LogP contribution in [0.25, 0.3) is 10.4 Å². The molecule has 1 fully saturated rings. The lowest BCUT2D eigenvalue weighted by Gasteiger charge is -2.27. The van der Waals surface area contributed by atoms with Gasteiger partial charge in [-0.25, -0.2) is 4.79 Å². The fraction of sp³-hybridized carbons (Fsp3) is 0.600. The lowest BCUT2D eigenvalue weighted by molar-refractivity contribution is -0.123. The van der Waals surface area contributed by atoms with Gasteiger partial charge in [0.25, 0.3) is 5.56 Å². The van der Waals surface area contributed by atoms with Crippen LogP contribution in [0.2, 0.25) is 0 Å². The summed E-state index contributed by atoms with van der Waals surface area (Å²) in [6.07, 6.45) is -3.40. The van der Waals surface area contributed by atoms with E-state index in [2.05, 4.69) is 10.0 Å². The fourth-order valence-electron chi connectivity index (χ4n) is 2.16. The predicted octanol–water partition coefficient (Wildman–Crippen LogP) is -2.17. The molecule has 4 atom stereocenters. The quantitative estimate of drug-likeness (QED) is 0.279. The molecular weight excluding hydrogens is 286 g/mol. The van der Waals surface area contributed by atoms with Gasteiger partial charge in [0.1, 0.15) is 17.8 Å². The molecule has 0 spiro atoms. The normalized spacial score (nSPS) is 31.9. The Balaban J connectivity index is 2.41. The molecule has 0 saturated carbocycles. The van der Waals surface area contributed by atoms with Crippen LogP contribution in [0.3, 0.4) is 0 Å². The van der Waals surface area contributed by atoms with Gasteiger partial charge in [0.05, 0.1) is 13.2 Å². The van der Waals surface area contributed by atoms with E-state index >= 15 is 0 Å². The summed E-state index contributed by atoms with van der Waals surface area (Å²) in [5, 5.41) is 32.6. The van der Waals surface area contributed by atoms with Crippen LogP contribution in [0.4, 0.5) is 0 Å². The van der Waals surface area contributed by atoms with Crippen LogP contribution in [0.15, 0.2) is 27.0 Å².